The third kappa shape index (κ3) is 5.39. The van der Waals surface area contributed by atoms with E-state index in [4.69, 9.17) is 9.47 Å². The molecule has 1 atom stereocenters. The number of likely N-dealkylation sites (tertiary alicyclic amines) is 1. The van der Waals surface area contributed by atoms with Crippen molar-refractivity contribution in [2.45, 2.75) is 44.4 Å². The molecule has 2 fully saturated rings. The van der Waals surface area contributed by atoms with Crippen molar-refractivity contribution in [2.24, 2.45) is 0 Å². The SMILES string of the molecule is COc1ccc(CN2CCC(NS(=O)(=O)CC3CCCO3)CC2)cc1F. The van der Waals surface area contributed by atoms with Gasteiger partial charge in [-0.15, -0.1) is 0 Å². The maximum atomic E-state index is 13.8. The summed E-state index contributed by atoms with van der Waals surface area (Å²) >= 11 is 0. The standard InChI is InChI=1S/C18H27FN2O4S/c1-24-18-5-4-14(11-17(18)19)12-21-8-6-15(7-9-21)20-26(22,23)13-16-3-2-10-25-16/h4-5,11,15-16,20H,2-3,6-10,12-13H2,1H3. The minimum Gasteiger partial charge on any atom is -0.494 e. The van der Waals surface area contributed by atoms with Crippen LogP contribution in [-0.4, -0.2) is 58.0 Å². The predicted octanol–water partition coefficient (Wildman–Crippen LogP) is 1.90. The molecule has 1 aromatic rings. The smallest absolute Gasteiger partial charge is 0.214 e. The van der Waals surface area contributed by atoms with E-state index in [-0.39, 0.29) is 29.5 Å². The minimum atomic E-state index is -3.31. The number of nitrogens with zero attached hydrogens (tertiary/aromatic N) is 1. The van der Waals surface area contributed by atoms with Crippen LogP contribution in [0.15, 0.2) is 18.2 Å². The summed E-state index contributed by atoms with van der Waals surface area (Å²) in [5, 5.41) is 0. The van der Waals surface area contributed by atoms with Crippen LogP contribution in [0.2, 0.25) is 0 Å². The maximum Gasteiger partial charge on any atom is 0.214 e. The Balaban J connectivity index is 1.45. The molecule has 0 aliphatic carbocycles. The molecule has 2 heterocycles. The van der Waals surface area contributed by atoms with Gasteiger partial charge in [0.15, 0.2) is 11.6 Å². The van der Waals surface area contributed by atoms with Crippen molar-refractivity contribution >= 4 is 10.0 Å². The molecule has 0 saturated carbocycles. The number of sulfonamides is 1. The number of methoxy groups -OCH3 is 1. The normalized spacial score (nSPS) is 22.6. The molecule has 2 aliphatic rings. The van der Waals surface area contributed by atoms with Crippen molar-refractivity contribution in [3.05, 3.63) is 29.6 Å². The highest BCUT2D eigenvalue weighted by Crippen LogP contribution is 2.21. The summed E-state index contributed by atoms with van der Waals surface area (Å²) < 4.78 is 51.5. The predicted molar refractivity (Wildman–Crippen MR) is 97.1 cm³/mol. The third-order valence-electron chi connectivity index (χ3n) is 4.99. The van der Waals surface area contributed by atoms with Crippen LogP contribution in [0, 0.1) is 5.82 Å². The van der Waals surface area contributed by atoms with Crippen LogP contribution in [0.3, 0.4) is 0 Å². The fourth-order valence-corrected chi connectivity index (χ4v) is 5.19. The first kappa shape index (κ1) is 19.5. The molecule has 1 N–H and O–H groups in total. The van der Waals surface area contributed by atoms with Crippen molar-refractivity contribution in [1.29, 1.82) is 0 Å². The molecular weight excluding hydrogens is 359 g/mol. The summed E-state index contributed by atoms with van der Waals surface area (Å²) in [6.07, 6.45) is 3.09. The van der Waals surface area contributed by atoms with E-state index < -0.39 is 10.0 Å². The Labute approximate surface area is 154 Å². The molecule has 0 bridgehead atoms. The fourth-order valence-electron chi connectivity index (χ4n) is 3.60. The molecule has 6 nitrogen and oxygen atoms in total. The second-order valence-corrected chi connectivity index (χ2v) is 8.85. The number of ether oxygens (including phenoxy) is 2. The minimum absolute atomic E-state index is 0.0368. The Morgan fingerprint density at radius 1 is 1.31 bits per heavy atom. The highest BCUT2D eigenvalue weighted by molar-refractivity contribution is 7.89. The molecule has 0 aromatic heterocycles. The summed E-state index contributed by atoms with van der Waals surface area (Å²) in [5.74, 6) is -0.0619. The average Bonchev–Trinajstić information content (AvgIpc) is 3.09. The largest absolute Gasteiger partial charge is 0.494 e. The lowest BCUT2D eigenvalue weighted by Gasteiger charge is -2.32. The van der Waals surface area contributed by atoms with Gasteiger partial charge in [-0.25, -0.2) is 17.5 Å². The van der Waals surface area contributed by atoms with Gasteiger partial charge < -0.3 is 9.47 Å². The Kier molecular flexibility index (Phi) is 6.50. The van der Waals surface area contributed by atoms with Gasteiger partial charge in [0.1, 0.15) is 0 Å². The molecule has 1 aromatic carbocycles. The topological polar surface area (TPSA) is 67.9 Å². The first-order chi connectivity index (χ1) is 12.4. The van der Waals surface area contributed by atoms with E-state index in [9.17, 15) is 12.8 Å². The Morgan fingerprint density at radius 2 is 2.08 bits per heavy atom. The summed E-state index contributed by atoms with van der Waals surface area (Å²) in [4.78, 5) is 2.21. The number of hydrogen-bond donors (Lipinski definition) is 1. The Bertz CT molecular complexity index is 699. The molecule has 0 radical (unpaired) electrons. The number of nitrogens with one attached hydrogen (secondary N) is 1. The van der Waals surface area contributed by atoms with Crippen molar-refractivity contribution in [3.8, 4) is 5.75 Å². The van der Waals surface area contributed by atoms with Crippen LogP contribution in [0.25, 0.3) is 0 Å². The second kappa shape index (κ2) is 8.65. The van der Waals surface area contributed by atoms with Gasteiger partial charge in [-0.2, -0.15) is 0 Å². The van der Waals surface area contributed by atoms with Crippen LogP contribution in [0.1, 0.15) is 31.2 Å². The van der Waals surface area contributed by atoms with E-state index >= 15 is 0 Å². The van der Waals surface area contributed by atoms with E-state index in [2.05, 4.69) is 9.62 Å². The van der Waals surface area contributed by atoms with Crippen LogP contribution in [-0.2, 0) is 21.3 Å². The first-order valence-corrected chi connectivity index (χ1v) is 10.8. The van der Waals surface area contributed by atoms with Gasteiger partial charge in [0.25, 0.3) is 0 Å². The number of benzene rings is 1. The fraction of sp³-hybridized carbons (Fsp3) is 0.667. The lowest BCUT2D eigenvalue weighted by atomic mass is 10.1. The molecule has 146 valence electrons. The Hall–Kier alpha value is -1.22. The van der Waals surface area contributed by atoms with Gasteiger partial charge in [0, 0.05) is 32.3 Å². The lowest BCUT2D eigenvalue weighted by Crippen LogP contribution is -2.46. The molecule has 26 heavy (non-hydrogen) atoms. The number of piperidine rings is 1. The molecule has 1 unspecified atom stereocenters. The number of rotatable bonds is 7. The highest BCUT2D eigenvalue weighted by atomic mass is 32.2. The highest BCUT2D eigenvalue weighted by Gasteiger charge is 2.27. The van der Waals surface area contributed by atoms with Gasteiger partial charge in [0.05, 0.1) is 19.0 Å². The monoisotopic (exact) mass is 386 g/mol. The summed E-state index contributed by atoms with van der Waals surface area (Å²) in [6.45, 7) is 2.86. The van der Waals surface area contributed by atoms with E-state index in [0.29, 0.717) is 13.2 Å². The van der Waals surface area contributed by atoms with Crippen LogP contribution < -0.4 is 9.46 Å². The van der Waals surface area contributed by atoms with Gasteiger partial charge in [-0.1, -0.05) is 6.07 Å². The van der Waals surface area contributed by atoms with E-state index in [1.54, 1.807) is 6.07 Å². The van der Waals surface area contributed by atoms with Crippen molar-refractivity contribution in [2.75, 3.05) is 32.6 Å². The lowest BCUT2D eigenvalue weighted by molar-refractivity contribution is 0.127. The van der Waals surface area contributed by atoms with Crippen LogP contribution >= 0.6 is 0 Å². The molecule has 8 heteroatoms. The number of halogens is 1. The molecule has 0 spiro atoms. The Morgan fingerprint density at radius 3 is 2.69 bits per heavy atom. The third-order valence-corrected chi connectivity index (χ3v) is 6.49. The average molecular weight is 386 g/mol. The molecule has 2 saturated heterocycles. The maximum absolute atomic E-state index is 13.8. The zero-order valence-electron chi connectivity index (χ0n) is 15.1. The quantitative estimate of drug-likeness (QED) is 0.775. The van der Waals surface area contributed by atoms with Gasteiger partial charge >= 0.3 is 0 Å². The van der Waals surface area contributed by atoms with Crippen LogP contribution in [0.5, 0.6) is 5.75 Å². The van der Waals surface area contributed by atoms with Gasteiger partial charge in [-0.3, -0.25) is 4.90 Å². The molecule has 0 amide bonds. The molecule has 3 rings (SSSR count). The molecular formula is C18H27FN2O4S. The van der Waals surface area contributed by atoms with Gasteiger partial charge in [-0.05, 0) is 43.4 Å². The van der Waals surface area contributed by atoms with Crippen molar-refractivity contribution in [3.63, 3.8) is 0 Å². The number of hydrogen-bond acceptors (Lipinski definition) is 5. The van der Waals surface area contributed by atoms with Crippen LogP contribution in [0.4, 0.5) is 4.39 Å². The second-order valence-electron chi connectivity index (χ2n) is 7.05. The van der Waals surface area contributed by atoms with E-state index in [1.807, 2.05) is 6.07 Å². The first-order valence-electron chi connectivity index (χ1n) is 9.11. The summed E-state index contributed by atoms with van der Waals surface area (Å²) in [7, 11) is -1.86. The zero-order valence-corrected chi connectivity index (χ0v) is 15.9. The van der Waals surface area contributed by atoms with E-state index in [0.717, 1.165) is 44.3 Å². The molecule has 2 aliphatic heterocycles. The van der Waals surface area contributed by atoms with Crippen molar-refractivity contribution < 1.29 is 22.3 Å². The zero-order chi connectivity index (χ0) is 18.6. The summed E-state index contributed by atoms with van der Waals surface area (Å²) in [5.41, 5.74) is 0.890. The summed E-state index contributed by atoms with van der Waals surface area (Å²) in [6, 6.07) is 4.95. The van der Waals surface area contributed by atoms with Crippen molar-refractivity contribution in [1.82, 2.24) is 9.62 Å². The van der Waals surface area contributed by atoms with Gasteiger partial charge in [0.2, 0.25) is 10.0 Å². The van der Waals surface area contributed by atoms with E-state index in [1.165, 1.54) is 13.2 Å².